The van der Waals surface area contributed by atoms with Crippen molar-refractivity contribution in [3.8, 4) is 0 Å². The van der Waals surface area contributed by atoms with Crippen LogP contribution in [0.2, 0.25) is 0 Å². The van der Waals surface area contributed by atoms with Crippen molar-refractivity contribution in [2.45, 2.75) is 31.1 Å². The first-order valence-electron chi connectivity index (χ1n) is 6.89. The normalized spacial score (nSPS) is 20.4. The number of halogens is 1. The molecule has 0 spiro atoms. The number of aromatic carboxylic acids is 1. The third-order valence-electron chi connectivity index (χ3n) is 3.86. The summed E-state index contributed by atoms with van der Waals surface area (Å²) in [6.07, 6.45) is 2.88. The maximum atomic E-state index is 12.7. The van der Waals surface area contributed by atoms with E-state index in [-0.39, 0.29) is 10.5 Å². The summed E-state index contributed by atoms with van der Waals surface area (Å²) in [6.45, 7) is 3.12. The minimum Gasteiger partial charge on any atom is -0.478 e. The van der Waals surface area contributed by atoms with Gasteiger partial charge in [0.2, 0.25) is 10.0 Å². The van der Waals surface area contributed by atoms with Crippen molar-refractivity contribution in [2.24, 2.45) is 5.92 Å². The highest BCUT2D eigenvalue weighted by molar-refractivity contribution is 9.10. The third kappa shape index (κ3) is 3.46. The van der Waals surface area contributed by atoms with E-state index in [1.165, 1.54) is 22.5 Å². The second kappa shape index (κ2) is 6.46. The molecule has 0 saturated carbocycles. The number of piperidine rings is 1. The Labute approximate surface area is 133 Å². The summed E-state index contributed by atoms with van der Waals surface area (Å²) in [4.78, 5) is 11.0. The van der Waals surface area contributed by atoms with Crippen LogP contribution in [0.3, 0.4) is 0 Å². The van der Waals surface area contributed by atoms with Crippen LogP contribution in [0.25, 0.3) is 0 Å². The van der Waals surface area contributed by atoms with E-state index in [1.807, 2.05) is 0 Å². The van der Waals surface area contributed by atoms with Gasteiger partial charge in [0.15, 0.2) is 0 Å². The second-order valence-corrected chi connectivity index (χ2v) is 7.99. The molecule has 0 amide bonds. The van der Waals surface area contributed by atoms with E-state index < -0.39 is 16.0 Å². The van der Waals surface area contributed by atoms with Crippen molar-refractivity contribution in [1.29, 1.82) is 0 Å². The molecule has 7 heteroatoms. The predicted molar refractivity (Wildman–Crippen MR) is 82.9 cm³/mol. The Balaban J connectivity index is 2.33. The van der Waals surface area contributed by atoms with Gasteiger partial charge in [-0.25, -0.2) is 13.2 Å². The van der Waals surface area contributed by atoms with E-state index in [0.29, 0.717) is 23.5 Å². The number of rotatable bonds is 4. The van der Waals surface area contributed by atoms with Gasteiger partial charge >= 0.3 is 5.97 Å². The lowest BCUT2D eigenvalue weighted by atomic mass is 9.97. The quantitative estimate of drug-likeness (QED) is 0.877. The summed E-state index contributed by atoms with van der Waals surface area (Å²) >= 11 is 3.18. The fourth-order valence-corrected chi connectivity index (χ4v) is 5.15. The van der Waals surface area contributed by atoms with E-state index in [2.05, 4.69) is 22.9 Å². The Morgan fingerprint density at radius 1 is 1.48 bits per heavy atom. The highest BCUT2D eigenvalue weighted by Gasteiger charge is 2.31. The van der Waals surface area contributed by atoms with Gasteiger partial charge in [-0.1, -0.05) is 13.3 Å². The van der Waals surface area contributed by atoms with Crippen molar-refractivity contribution in [3.63, 3.8) is 0 Å². The molecule has 1 saturated heterocycles. The summed E-state index contributed by atoms with van der Waals surface area (Å²) in [5, 5.41) is 8.94. The second-order valence-electron chi connectivity index (χ2n) is 5.23. The van der Waals surface area contributed by atoms with Crippen molar-refractivity contribution in [2.75, 3.05) is 13.1 Å². The van der Waals surface area contributed by atoms with Gasteiger partial charge < -0.3 is 5.11 Å². The maximum Gasteiger partial charge on any atom is 0.335 e. The Kier molecular flexibility index (Phi) is 5.06. The Morgan fingerprint density at radius 3 is 2.76 bits per heavy atom. The number of carbonyl (C=O) groups is 1. The molecule has 1 aromatic rings. The molecule has 1 heterocycles. The topological polar surface area (TPSA) is 74.7 Å². The molecule has 1 fully saturated rings. The Hall–Kier alpha value is -0.920. The molecule has 1 aromatic carbocycles. The van der Waals surface area contributed by atoms with Crippen LogP contribution in [-0.2, 0) is 10.0 Å². The molecular weight excluding hydrogens is 358 g/mol. The molecule has 0 radical (unpaired) electrons. The number of hydrogen-bond donors (Lipinski definition) is 1. The lowest BCUT2D eigenvalue weighted by Gasteiger charge is -2.31. The van der Waals surface area contributed by atoms with Gasteiger partial charge in [-0.2, -0.15) is 4.31 Å². The average Bonchev–Trinajstić information content (AvgIpc) is 2.46. The maximum absolute atomic E-state index is 12.7. The number of benzene rings is 1. The van der Waals surface area contributed by atoms with E-state index >= 15 is 0 Å². The van der Waals surface area contributed by atoms with Gasteiger partial charge in [-0.05, 0) is 52.9 Å². The lowest BCUT2D eigenvalue weighted by Crippen LogP contribution is -2.39. The van der Waals surface area contributed by atoms with Crippen LogP contribution >= 0.6 is 15.9 Å². The first-order valence-corrected chi connectivity index (χ1v) is 9.12. The first kappa shape index (κ1) is 16.5. The predicted octanol–water partition coefficient (Wildman–Crippen LogP) is 2.96. The molecule has 2 rings (SSSR count). The van der Waals surface area contributed by atoms with E-state index in [9.17, 15) is 13.2 Å². The number of carboxylic acids is 1. The molecule has 0 bridgehead atoms. The Bertz CT molecular complexity index is 644. The summed E-state index contributed by atoms with van der Waals surface area (Å²) in [5.41, 5.74) is 0.0610. The van der Waals surface area contributed by atoms with Gasteiger partial charge in [-0.15, -0.1) is 0 Å². The number of carboxylic acid groups (broad SMARTS) is 1. The largest absolute Gasteiger partial charge is 0.478 e. The average molecular weight is 376 g/mol. The number of hydrogen-bond acceptors (Lipinski definition) is 3. The van der Waals surface area contributed by atoms with Gasteiger partial charge in [0, 0.05) is 17.6 Å². The fourth-order valence-electron chi connectivity index (χ4n) is 2.56. The molecule has 116 valence electrons. The standard InChI is InChI=1S/C14H18BrNO4S/c1-2-10-4-3-7-16(9-10)21(19,20)13-6-5-11(14(17)18)8-12(13)15/h5-6,8,10H,2-4,7,9H2,1H3,(H,17,18). The van der Waals surface area contributed by atoms with Crippen molar-refractivity contribution < 1.29 is 18.3 Å². The monoisotopic (exact) mass is 375 g/mol. The highest BCUT2D eigenvalue weighted by atomic mass is 79.9. The van der Waals surface area contributed by atoms with E-state index in [0.717, 1.165) is 19.3 Å². The molecule has 1 aliphatic heterocycles. The minimum absolute atomic E-state index is 0.0610. The number of nitrogens with zero attached hydrogens (tertiary/aromatic N) is 1. The van der Waals surface area contributed by atoms with Gasteiger partial charge in [0.25, 0.3) is 0 Å². The zero-order valence-corrected chi connectivity index (χ0v) is 14.2. The summed E-state index contributed by atoms with van der Waals surface area (Å²) in [6, 6.07) is 4.01. The SMILES string of the molecule is CCC1CCCN(S(=O)(=O)c2ccc(C(=O)O)cc2Br)C1. The van der Waals surface area contributed by atoms with Gasteiger partial charge in [0.1, 0.15) is 0 Å². The van der Waals surface area contributed by atoms with Crippen LogP contribution < -0.4 is 0 Å². The molecular formula is C14H18BrNO4S. The molecule has 5 nitrogen and oxygen atoms in total. The highest BCUT2D eigenvalue weighted by Crippen LogP contribution is 2.30. The molecule has 0 aliphatic carbocycles. The molecule has 21 heavy (non-hydrogen) atoms. The van der Waals surface area contributed by atoms with Crippen LogP contribution in [0.5, 0.6) is 0 Å². The summed E-state index contributed by atoms with van der Waals surface area (Å²) < 4.78 is 27.2. The van der Waals surface area contributed by atoms with Gasteiger partial charge in [-0.3, -0.25) is 0 Å². The zero-order valence-electron chi connectivity index (χ0n) is 11.8. The lowest BCUT2D eigenvalue weighted by molar-refractivity contribution is 0.0696. The van der Waals surface area contributed by atoms with Gasteiger partial charge in [0.05, 0.1) is 10.5 Å². The molecule has 1 aliphatic rings. The van der Waals surface area contributed by atoms with Crippen molar-refractivity contribution in [1.82, 2.24) is 4.31 Å². The number of sulfonamides is 1. The third-order valence-corrected chi connectivity index (χ3v) is 6.70. The zero-order chi connectivity index (χ0) is 15.6. The van der Waals surface area contributed by atoms with Crippen molar-refractivity contribution in [3.05, 3.63) is 28.2 Å². The van der Waals surface area contributed by atoms with Crippen LogP contribution in [0.15, 0.2) is 27.6 Å². The van der Waals surface area contributed by atoms with E-state index in [4.69, 9.17) is 5.11 Å². The minimum atomic E-state index is -3.58. The molecule has 1 N–H and O–H groups in total. The summed E-state index contributed by atoms with van der Waals surface area (Å²) in [7, 11) is -3.58. The van der Waals surface area contributed by atoms with Crippen LogP contribution in [0, 0.1) is 5.92 Å². The van der Waals surface area contributed by atoms with Crippen LogP contribution in [-0.4, -0.2) is 36.9 Å². The fraction of sp³-hybridized carbons (Fsp3) is 0.500. The Morgan fingerprint density at radius 2 is 2.19 bits per heavy atom. The van der Waals surface area contributed by atoms with E-state index in [1.54, 1.807) is 0 Å². The molecule has 0 aromatic heterocycles. The van der Waals surface area contributed by atoms with Crippen LogP contribution in [0.1, 0.15) is 36.5 Å². The van der Waals surface area contributed by atoms with Crippen LogP contribution in [0.4, 0.5) is 0 Å². The first-order chi connectivity index (χ1) is 9.86. The van der Waals surface area contributed by atoms with Crippen molar-refractivity contribution >= 4 is 31.9 Å². The summed E-state index contributed by atoms with van der Waals surface area (Å²) in [5.74, 6) is -0.686. The molecule has 1 unspecified atom stereocenters. The molecule has 1 atom stereocenters. The smallest absolute Gasteiger partial charge is 0.335 e.